The molecule has 5 rings (SSSR count). The summed E-state index contributed by atoms with van der Waals surface area (Å²) < 4.78 is 21.9. The lowest BCUT2D eigenvalue weighted by Gasteiger charge is -2.11. The largest absolute Gasteiger partial charge is 0.496 e. The molecule has 3 heterocycles. The first-order valence-corrected chi connectivity index (χ1v) is 12.2. The van der Waals surface area contributed by atoms with E-state index in [9.17, 15) is 14.0 Å². The molecule has 0 unspecified atom stereocenters. The monoisotopic (exact) mass is 502 g/mol. The zero-order valence-corrected chi connectivity index (χ0v) is 21.0. The third-order valence-corrected chi connectivity index (χ3v) is 7.52. The molecular weight excluding hydrogens is 479 g/mol. The van der Waals surface area contributed by atoms with E-state index in [2.05, 4.69) is 9.97 Å². The molecule has 9 heteroatoms. The molecule has 5 aromatic rings. The van der Waals surface area contributed by atoms with E-state index in [1.165, 1.54) is 41.9 Å². The van der Waals surface area contributed by atoms with Gasteiger partial charge in [0.1, 0.15) is 22.7 Å². The summed E-state index contributed by atoms with van der Waals surface area (Å²) in [5.74, 6) is 0.200. The Morgan fingerprint density at radius 2 is 1.78 bits per heavy atom. The minimum Gasteiger partial charge on any atom is -0.496 e. The van der Waals surface area contributed by atoms with Crippen LogP contribution in [0.1, 0.15) is 18.2 Å². The summed E-state index contributed by atoms with van der Waals surface area (Å²) in [6, 6.07) is 13.0. The van der Waals surface area contributed by atoms with Crippen LogP contribution in [0.5, 0.6) is 5.75 Å². The predicted octanol–water partition coefficient (Wildman–Crippen LogP) is 5.12. The second kappa shape index (κ2) is 9.16. The van der Waals surface area contributed by atoms with Gasteiger partial charge in [0.25, 0.3) is 5.56 Å². The quantitative estimate of drug-likeness (QED) is 0.333. The maximum absolute atomic E-state index is 13.6. The number of thiophene rings is 1. The number of aromatic nitrogens is 4. The topological polar surface area (TPSA) is 79.0 Å². The molecule has 0 saturated heterocycles. The summed E-state index contributed by atoms with van der Waals surface area (Å²) in [6.07, 6.45) is 1.52. The SMILES string of the molecule is CCn1c(=O)n(-c2ccc(F)cc2)c(=O)c2c(C)c(-c3ccc(-c4cc(C)ncn4)c(OC)c3)sc21. The zero-order chi connectivity index (χ0) is 25.6. The fourth-order valence-corrected chi connectivity index (χ4v) is 5.72. The van der Waals surface area contributed by atoms with Crippen molar-refractivity contribution in [3.05, 3.63) is 92.8 Å². The van der Waals surface area contributed by atoms with Gasteiger partial charge in [-0.15, -0.1) is 11.3 Å². The molecule has 2 aromatic carbocycles. The van der Waals surface area contributed by atoms with Crippen molar-refractivity contribution in [1.82, 2.24) is 19.1 Å². The number of ether oxygens (including phenoxy) is 1. The minimum absolute atomic E-state index is 0.328. The molecule has 0 fully saturated rings. The van der Waals surface area contributed by atoms with Crippen LogP contribution >= 0.6 is 11.3 Å². The van der Waals surface area contributed by atoms with Gasteiger partial charge in [0, 0.05) is 22.7 Å². The van der Waals surface area contributed by atoms with E-state index in [0.29, 0.717) is 28.2 Å². The van der Waals surface area contributed by atoms with Crippen molar-refractivity contribution < 1.29 is 9.13 Å². The second-order valence-electron chi connectivity index (χ2n) is 8.34. The van der Waals surface area contributed by atoms with Crippen molar-refractivity contribution in [2.45, 2.75) is 27.3 Å². The summed E-state index contributed by atoms with van der Waals surface area (Å²) >= 11 is 1.39. The number of hydrogen-bond acceptors (Lipinski definition) is 6. The van der Waals surface area contributed by atoms with Gasteiger partial charge in [-0.1, -0.05) is 6.07 Å². The summed E-state index contributed by atoms with van der Waals surface area (Å²) in [5, 5.41) is 0.468. The van der Waals surface area contributed by atoms with Crippen LogP contribution in [0.3, 0.4) is 0 Å². The van der Waals surface area contributed by atoms with Gasteiger partial charge in [0.2, 0.25) is 0 Å². The molecule has 0 spiro atoms. The van der Waals surface area contributed by atoms with Gasteiger partial charge in [-0.2, -0.15) is 0 Å². The standard InChI is InChI=1S/C27H23FN4O3S/c1-5-31-26-23(25(33)32(27(31)34)19-9-7-18(28)8-10-19)16(3)24(36-26)17-6-11-20(22(13-17)35-4)21-12-15(2)29-14-30-21/h6-14H,5H2,1-4H3. The van der Waals surface area contributed by atoms with Crippen LogP contribution < -0.4 is 16.0 Å². The van der Waals surface area contributed by atoms with Gasteiger partial charge < -0.3 is 4.74 Å². The van der Waals surface area contributed by atoms with Crippen LogP contribution in [-0.2, 0) is 6.54 Å². The van der Waals surface area contributed by atoms with Crippen molar-refractivity contribution >= 4 is 21.6 Å². The van der Waals surface area contributed by atoms with E-state index >= 15 is 0 Å². The summed E-state index contributed by atoms with van der Waals surface area (Å²) in [4.78, 5) is 36.9. The maximum atomic E-state index is 13.6. The van der Waals surface area contributed by atoms with Gasteiger partial charge in [-0.05, 0) is 74.4 Å². The highest BCUT2D eigenvalue weighted by atomic mass is 32.1. The predicted molar refractivity (Wildman–Crippen MR) is 140 cm³/mol. The summed E-state index contributed by atoms with van der Waals surface area (Å²) in [7, 11) is 1.60. The molecule has 0 saturated carbocycles. The Morgan fingerprint density at radius 3 is 2.44 bits per heavy atom. The van der Waals surface area contributed by atoms with Crippen LogP contribution in [-0.4, -0.2) is 26.2 Å². The van der Waals surface area contributed by atoms with E-state index < -0.39 is 17.1 Å². The Balaban J connectivity index is 1.73. The smallest absolute Gasteiger partial charge is 0.336 e. The summed E-state index contributed by atoms with van der Waals surface area (Å²) in [5.41, 5.74) is 3.51. The fourth-order valence-electron chi connectivity index (χ4n) is 4.36. The number of nitrogens with zero attached hydrogens (tertiary/aromatic N) is 4. The fraction of sp³-hybridized carbons (Fsp3) is 0.185. The third kappa shape index (κ3) is 3.81. The maximum Gasteiger partial charge on any atom is 0.336 e. The molecule has 0 N–H and O–H groups in total. The highest BCUT2D eigenvalue weighted by Crippen LogP contribution is 2.40. The van der Waals surface area contributed by atoms with Gasteiger partial charge in [-0.3, -0.25) is 9.36 Å². The molecule has 0 amide bonds. The Morgan fingerprint density at radius 1 is 1.03 bits per heavy atom. The van der Waals surface area contributed by atoms with E-state index in [1.807, 2.05) is 45.0 Å². The lowest BCUT2D eigenvalue weighted by Crippen LogP contribution is -2.38. The average molecular weight is 503 g/mol. The van der Waals surface area contributed by atoms with Crippen LogP contribution in [0.2, 0.25) is 0 Å². The van der Waals surface area contributed by atoms with Crippen LogP contribution in [0, 0.1) is 19.7 Å². The van der Waals surface area contributed by atoms with Crippen LogP contribution in [0.4, 0.5) is 4.39 Å². The number of hydrogen-bond donors (Lipinski definition) is 0. The molecule has 36 heavy (non-hydrogen) atoms. The zero-order valence-electron chi connectivity index (χ0n) is 20.2. The van der Waals surface area contributed by atoms with E-state index in [1.54, 1.807) is 11.7 Å². The lowest BCUT2D eigenvalue weighted by atomic mass is 10.0. The first-order valence-electron chi connectivity index (χ1n) is 11.4. The van der Waals surface area contributed by atoms with Crippen molar-refractivity contribution in [2.75, 3.05) is 7.11 Å². The first-order chi connectivity index (χ1) is 17.3. The molecule has 0 aliphatic rings. The molecule has 182 valence electrons. The van der Waals surface area contributed by atoms with Crippen molar-refractivity contribution in [3.63, 3.8) is 0 Å². The second-order valence-corrected chi connectivity index (χ2v) is 9.34. The Labute approximate surface area is 210 Å². The number of methoxy groups -OCH3 is 1. The Bertz CT molecular complexity index is 1740. The van der Waals surface area contributed by atoms with Crippen molar-refractivity contribution in [3.8, 4) is 33.1 Å². The van der Waals surface area contributed by atoms with Crippen molar-refractivity contribution in [2.24, 2.45) is 0 Å². The molecule has 0 aliphatic carbocycles. The molecule has 0 bridgehead atoms. The van der Waals surface area contributed by atoms with Crippen molar-refractivity contribution in [1.29, 1.82) is 0 Å². The molecule has 0 atom stereocenters. The molecule has 0 radical (unpaired) electrons. The van der Waals surface area contributed by atoms with Gasteiger partial charge >= 0.3 is 5.69 Å². The van der Waals surface area contributed by atoms with Gasteiger partial charge in [0.05, 0.1) is 23.9 Å². The number of rotatable bonds is 5. The first kappa shape index (κ1) is 23.6. The van der Waals surface area contributed by atoms with Crippen LogP contribution in [0.15, 0.2) is 64.4 Å². The molecular formula is C27H23FN4O3S. The summed E-state index contributed by atoms with van der Waals surface area (Å²) in [6.45, 7) is 6.02. The number of benzene rings is 2. The Kier molecular flexibility index (Phi) is 6.01. The average Bonchev–Trinajstić information content (AvgIpc) is 3.22. The normalized spacial score (nSPS) is 11.2. The lowest BCUT2D eigenvalue weighted by molar-refractivity contribution is 0.416. The number of aryl methyl sites for hydroxylation is 3. The van der Waals surface area contributed by atoms with Gasteiger partial charge in [0.15, 0.2) is 0 Å². The molecule has 3 aromatic heterocycles. The van der Waals surface area contributed by atoms with Gasteiger partial charge in [-0.25, -0.2) is 23.7 Å². The third-order valence-electron chi connectivity index (χ3n) is 6.16. The number of fused-ring (bicyclic) bond motifs is 1. The van der Waals surface area contributed by atoms with E-state index in [4.69, 9.17) is 4.74 Å². The minimum atomic E-state index is -0.457. The molecule has 0 aliphatic heterocycles. The number of halogens is 1. The van der Waals surface area contributed by atoms with E-state index in [-0.39, 0.29) is 0 Å². The highest BCUT2D eigenvalue weighted by Gasteiger charge is 2.22. The Hall–Kier alpha value is -4.11. The van der Waals surface area contributed by atoms with Crippen LogP contribution in [0.25, 0.3) is 37.6 Å². The molecule has 7 nitrogen and oxygen atoms in total. The highest BCUT2D eigenvalue weighted by molar-refractivity contribution is 7.22. The van der Waals surface area contributed by atoms with E-state index in [0.717, 1.165) is 37.5 Å².